The average molecular weight is 264 g/mol. The lowest BCUT2D eigenvalue weighted by Crippen LogP contribution is -2.50. The molecule has 0 aliphatic carbocycles. The number of carbonyl (C=O) groups excluding carboxylic acids is 2. The molecule has 0 aliphatic heterocycles. The number of aliphatic carboxylic acids is 1. The summed E-state index contributed by atoms with van der Waals surface area (Å²) in [4.78, 5) is 23.0. The maximum absolute atomic E-state index is 12.1. The van der Waals surface area contributed by atoms with Gasteiger partial charge in [0.25, 0.3) is 5.91 Å². The highest BCUT2D eigenvalue weighted by Gasteiger charge is 2.20. The van der Waals surface area contributed by atoms with Gasteiger partial charge in [0, 0.05) is 0 Å². The van der Waals surface area contributed by atoms with Gasteiger partial charge in [0.15, 0.2) is 0 Å². The summed E-state index contributed by atoms with van der Waals surface area (Å²) >= 11 is 0. The predicted octanol–water partition coefficient (Wildman–Crippen LogP) is 0.590. The summed E-state index contributed by atoms with van der Waals surface area (Å²) in [5, 5.41) is 13.4. The van der Waals surface area contributed by atoms with E-state index in [4.69, 9.17) is 4.74 Å². The summed E-state index contributed by atoms with van der Waals surface area (Å²) in [5.74, 6) is -1.60. The van der Waals surface area contributed by atoms with Crippen LogP contribution in [0.5, 0.6) is 5.75 Å². The second kappa shape index (κ2) is 6.78. The fourth-order valence-electron chi connectivity index (χ4n) is 1.65. The highest BCUT2D eigenvalue weighted by Crippen LogP contribution is 2.18. The van der Waals surface area contributed by atoms with Crippen molar-refractivity contribution in [1.29, 1.82) is 0 Å². The van der Waals surface area contributed by atoms with Crippen molar-refractivity contribution >= 4 is 11.9 Å². The first-order valence-corrected chi connectivity index (χ1v) is 6.21. The van der Waals surface area contributed by atoms with Crippen molar-refractivity contribution in [1.82, 2.24) is 5.32 Å². The quantitative estimate of drug-likeness (QED) is 0.815. The first-order valence-electron chi connectivity index (χ1n) is 6.21. The van der Waals surface area contributed by atoms with Crippen LogP contribution in [0.25, 0.3) is 0 Å². The molecule has 0 unspecified atom stereocenters. The van der Waals surface area contributed by atoms with E-state index in [9.17, 15) is 14.7 Å². The Hall–Kier alpha value is -2.04. The van der Waals surface area contributed by atoms with Gasteiger partial charge in [0.2, 0.25) is 0 Å². The number of amides is 1. The Morgan fingerprint density at radius 3 is 2.47 bits per heavy atom. The summed E-state index contributed by atoms with van der Waals surface area (Å²) in [6, 6.07) is 5.68. The third-order valence-corrected chi connectivity index (χ3v) is 2.64. The standard InChI is InChI=1S/C14H19NO4/c1-4-19-11-8-6-5-7-10(11)13(16)15-12(9(2)3)14(17)18/h5-9,12H,4H2,1-3H3,(H,15,16)(H,17,18)/p-1/t12-/m0/s1. The van der Waals surface area contributed by atoms with Gasteiger partial charge in [0.05, 0.1) is 24.2 Å². The molecular formula is C14H18NO4-. The zero-order valence-corrected chi connectivity index (χ0v) is 11.3. The topological polar surface area (TPSA) is 78.5 Å². The minimum atomic E-state index is -1.29. The third kappa shape index (κ3) is 3.98. The number of rotatable bonds is 6. The largest absolute Gasteiger partial charge is 0.548 e. The summed E-state index contributed by atoms with van der Waals surface area (Å²) in [7, 11) is 0. The van der Waals surface area contributed by atoms with Crippen LogP contribution in [0.4, 0.5) is 0 Å². The van der Waals surface area contributed by atoms with Gasteiger partial charge in [-0.05, 0) is 25.0 Å². The molecule has 0 aromatic heterocycles. The Labute approximate surface area is 112 Å². The van der Waals surface area contributed by atoms with Crippen molar-refractivity contribution < 1.29 is 19.4 Å². The van der Waals surface area contributed by atoms with Crippen molar-refractivity contribution in [2.45, 2.75) is 26.8 Å². The third-order valence-electron chi connectivity index (χ3n) is 2.64. The molecule has 1 rings (SSSR count). The van der Waals surface area contributed by atoms with Crippen LogP contribution in [0, 0.1) is 5.92 Å². The fourth-order valence-corrected chi connectivity index (χ4v) is 1.65. The van der Waals surface area contributed by atoms with E-state index in [0.29, 0.717) is 17.9 Å². The van der Waals surface area contributed by atoms with Crippen molar-refractivity contribution in [2.24, 2.45) is 5.92 Å². The van der Waals surface area contributed by atoms with Crippen molar-refractivity contribution in [3.63, 3.8) is 0 Å². The second-order valence-electron chi connectivity index (χ2n) is 4.44. The Bertz CT molecular complexity index is 457. The molecule has 0 saturated heterocycles. The average Bonchev–Trinajstić information content (AvgIpc) is 2.36. The van der Waals surface area contributed by atoms with Crippen LogP contribution < -0.4 is 15.2 Å². The number of para-hydroxylation sites is 1. The van der Waals surface area contributed by atoms with E-state index in [1.54, 1.807) is 38.1 Å². The van der Waals surface area contributed by atoms with E-state index in [0.717, 1.165) is 0 Å². The Balaban J connectivity index is 2.91. The van der Waals surface area contributed by atoms with Crippen LogP contribution in [-0.4, -0.2) is 24.5 Å². The molecule has 0 aliphatic rings. The lowest BCUT2D eigenvalue weighted by atomic mass is 10.0. The van der Waals surface area contributed by atoms with Gasteiger partial charge >= 0.3 is 0 Å². The van der Waals surface area contributed by atoms with Crippen LogP contribution in [0.3, 0.4) is 0 Å². The summed E-state index contributed by atoms with van der Waals surface area (Å²) in [5.41, 5.74) is 0.316. The van der Waals surface area contributed by atoms with Crippen molar-refractivity contribution in [2.75, 3.05) is 6.61 Å². The number of carboxylic acid groups (broad SMARTS) is 1. The van der Waals surface area contributed by atoms with E-state index in [-0.39, 0.29) is 5.92 Å². The first kappa shape index (κ1) is 15.0. The van der Waals surface area contributed by atoms with E-state index in [1.807, 2.05) is 6.92 Å². The number of nitrogens with one attached hydrogen (secondary N) is 1. The normalized spacial score (nSPS) is 12.0. The highest BCUT2D eigenvalue weighted by atomic mass is 16.5. The Morgan fingerprint density at radius 2 is 1.95 bits per heavy atom. The van der Waals surface area contributed by atoms with E-state index in [1.165, 1.54) is 0 Å². The molecule has 1 N–H and O–H groups in total. The van der Waals surface area contributed by atoms with Gasteiger partial charge in [-0.15, -0.1) is 0 Å². The zero-order valence-electron chi connectivity index (χ0n) is 11.3. The number of carboxylic acids is 1. The minimum Gasteiger partial charge on any atom is -0.548 e. The molecule has 0 spiro atoms. The lowest BCUT2D eigenvalue weighted by Gasteiger charge is -2.23. The van der Waals surface area contributed by atoms with Crippen LogP contribution in [0.1, 0.15) is 31.1 Å². The van der Waals surface area contributed by atoms with Gasteiger partial charge in [-0.2, -0.15) is 0 Å². The number of hydrogen-bond donors (Lipinski definition) is 1. The summed E-state index contributed by atoms with van der Waals surface area (Å²) in [6.07, 6.45) is 0. The van der Waals surface area contributed by atoms with Crippen LogP contribution >= 0.6 is 0 Å². The molecule has 1 aromatic carbocycles. The molecule has 5 nitrogen and oxygen atoms in total. The van der Waals surface area contributed by atoms with E-state index in [2.05, 4.69) is 5.32 Å². The maximum atomic E-state index is 12.1. The van der Waals surface area contributed by atoms with E-state index < -0.39 is 17.9 Å². The second-order valence-corrected chi connectivity index (χ2v) is 4.44. The molecule has 1 atom stereocenters. The number of ether oxygens (including phenoxy) is 1. The van der Waals surface area contributed by atoms with Gasteiger partial charge < -0.3 is 20.0 Å². The first-order chi connectivity index (χ1) is 8.97. The Morgan fingerprint density at radius 1 is 1.32 bits per heavy atom. The number of carbonyl (C=O) groups is 2. The van der Waals surface area contributed by atoms with Gasteiger partial charge in [0.1, 0.15) is 5.75 Å². The highest BCUT2D eigenvalue weighted by molar-refractivity contribution is 5.98. The van der Waals surface area contributed by atoms with Gasteiger partial charge in [-0.25, -0.2) is 0 Å². The lowest BCUT2D eigenvalue weighted by molar-refractivity contribution is -0.309. The number of hydrogen-bond acceptors (Lipinski definition) is 4. The predicted molar refractivity (Wildman–Crippen MR) is 68.7 cm³/mol. The maximum Gasteiger partial charge on any atom is 0.255 e. The van der Waals surface area contributed by atoms with Crippen LogP contribution in [-0.2, 0) is 4.79 Å². The van der Waals surface area contributed by atoms with Crippen LogP contribution in [0.15, 0.2) is 24.3 Å². The van der Waals surface area contributed by atoms with E-state index >= 15 is 0 Å². The van der Waals surface area contributed by atoms with Gasteiger partial charge in [-0.3, -0.25) is 4.79 Å². The zero-order chi connectivity index (χ0) is 14.4. The molecule has 19 heavy (non-hydrogen) atoms. The van der Waals surface area contributed by atoms with Crippen molar-refractivity contribution in [3.8, 4) is 5.75 Å². The van der Waals surface area contributed by atoms with Crippen LogP contribution in [0.2, 0.25) is 0 Å². The smallest absolute Gasteiger partial charge is 0.255 e. The molecule has 0 heterocycles. The summed E-state index contributed by atoms with van der Waals surface area (Å²) in [6.45, 7) is 5.65. The molecule has 0 saturated carbocycles. The fraction of sp³-hybridized carbons (Fsp3) is 0.429. The van der Waals surface area contributed by atoms with Gasteiger partial charge in [-0.1, -0.05) is 26.0 Å². The Kier molecular flexibility index (Phi) is 5.36. The molecule has 1 aromatic rings. The molecule has 0 bridgehead atoms. The molecule has 1 amide bonds. The molecule has 0 fully saturated rings. The molecule has 5 heteroatoms. The summed E-state index contributed by atoms with van der Waals surface area (Å²) < 4.78 is 5.34. The minimum absolute atomic E-state index is 0.256. The SMILES string of the molecule is CCOc1ccccc1C(=O)N[C@H](C(=O)[O-])C(C)C. The monoisotopic (exact) mass is 264 g/mol. The van der Waals surface area contributed by atoms with Crippen molar-refractivity contribution in [3.05, 3.63) is 29.8 Å². The molecule has 104 valence electrons. The molecule has 0 radical (unpaired) electrons. The number of benzene rings is 1. The molecular weight excluding hydrogens is 246 g/mol.